The van der Waals surface area contributed by atoms with E-state index in [4.69, 9.17) is 42.6 Å². The first-order chi connectivity index (χ1) is 36.5. The number of rotatable bonds is 30. The number of unbranched alkanes of at least 4 members (excludes halogenated alkanes) is 11. The third kappa shape index (κ3) is 15.8. The Morgan fingerprint density at radius 1 is 0.605 bits per heavy atom. The zero-order valence-corrected chi connectivity index (χ0v) is 44.7. The van der Waals surface area contributed by atoms with E-state index in [-0.39, 0.29) is 61.3 Å². The fourth-order valence-corrected chi connectivity index (χ4v) is 11.3. The van der Waals surface area contributed by atoms with Crippen LogP contribution in [-0.2, 0) is 68.2 Å². The molecule has 0 aliphatic carbocycles. The van der Waals surface area contributed by atoms with Gasteiger partial charge in [0.05, 0.1) is 36.6 Å². The van der Waals surface area contributed by atoms with Gasteiger partial charge in [0.1, 0.15) is 25.1 Å². The number of benzene rings is 2. The summed E-state index contributed by atoms with van der Waals surface area (Å²) in [4.78, 5) is 39.8. The molecule has 0 saturated carbocycles. The van der Waals surface area contributed by atoms with Crippen LogP contribution >= 0.6 is 0 Å². The van der Waals surface area contributed by atoms with Crippen LogP contribution in [0, 0.1) is 0 Å². The Hall–Kier alpha value is -4.07. The van der Waals surface area contributed by atoms with Gasteiger partial charge >= 0.3 is 30.3 Å². The van der Waals surface area contributed by atoms with E-state index >= 15 is 0 Å². The van der Waals surface area contributed by atoms with E-state index in [0.717, 1.165) is 103 Å². The van der Waals surface area contributed by atoms with Crippen molar-refractivity contribution in [3.8, 4) is 0 Å². The van der Waals surface area contributed by atoms with E-state index in [0.29, 0.717) is 44.9 Å². The van der Waals surface area contributed by atoms with Crippen LogP contribution < -0.4 is 0 Å². The lowest BCUT2D eigenvalue weighted by Gasteiger charge is -2.35. The molecule has 0 spiro atoms. The van der Waals surface area contributed by atoms with Crippen molar-refractivity contribution in [1.82, 2.24) is 0 Å². The van der Waals surface area contributed by atoms with Crippen LogP contribution in [0.5, 0.6) is 0 Å². The van der Waals surface area contributed by atoms with E-state index in [2.05, 4.69) is 6.92 Å². The molecule has 4 heterocycles. The summed E-state index contributed by atoms with van der Waals surface area (Å²) in [5.74, 6) is -3.71. The fourth-order valence-electron chi connectivity index (χ4n) is 11.3. The Kier molecular flexibility index (Phi) is 23.5. The third-order valence-corrected chi connectivity index (χ3v) is 15.5. The van der Waals surface area contributed by atoms with Crippen LogP contribution in [0.15, 0.2) is 72.3 Å². The highest BCUT2D eigenvalue weighted by atomic mass is 19.4. The summed E-state index contributed by atoms with van der Waals surface area (Å²) in [6, 6.07) is 13.5. The molecule has 0 aromatic heterocycles. The molecule has 0 N–H and O–H groups in total. The highest BCUT2D eigenvalue weighted by Crippen LogP contribution is 2.46. The highest BCUT2D eigenvalue weighted by molar-refractivity contribution is 5.91. The highest BCUT2D eigenvalue weighted by Gasteiger charge is 2.65. The van der Waals surface area contributed by atoms with Gasteiger partial charge in [-0.1, -0.05) is 138 Å². The molecule has 4 aliphatic rings. The summed E-state index contributed by atoms with van der Waals surface area (Å²) in [6.07, 6.45) is 4.77. The van der Waals surface area contributed by atoms with Gasteiger partial charge in [0.15, 0.2) is 0 Å². The predicted octanol–water partition coefficient (Wildman–Crippen LogP) is 13.2. The minimum absolute atomic E-state index is 0.0313. The largest absolute Gasteiger partial charge is 0.459 e. The van der Waals surface area contributed by atoms with Crippen LogP contribution in [0.1, 0.15) is 173 Å². The van der Waals surface area contributed by atoms with E-state index in [9.17, 15) is 40.7 Å². The number of esters is 3. The molecule has 18 heteroatoms. The van der Waals surface area contributed by atoms with Crippen molar-refractivity contribution in [2.75, 3.05) is 21.0 Å². The average molecular weight is 1080 g/mol. The Morgan fingerprint density at radius 2 is 1.09 bits per heavy atom. The number of ether oxygens (including phenoxy) is 9. The molecule has 3 fully saturated rings. The summed E-state index contributed by atoms with van der Waals surface area (Å²) in [5.41, 5.74) is -7.18. The lowest BCUT2D eigenvalue weighted by atomic mass is 9.92. The van der Waals surface area contributed by atoms with Gasteiger partial charge in [-0.3, -0.25) is 0 Å². The number of cyclic esters (lactones) is 1. The van der Waals surface area contributed by atoms with Gasteiger partial charge in [0, 0.05) is 37.3 Å². The van der Waals surface area contributed by atoms with Gasteiger partial charge in [-0.15, -0.1) is 0 Å². The molecule has 11 atom stereocenters. The van der Waals surface area contributed by atoms with Crippen molar-refractivity contribution in [1.29, 1.82) is 0 Å². The minimum Gasteiger partial charge on any atom is -0.459 e. The molecule has 0 radical (unpaired) electrons. The second kappa shape index (κ2) is 29.2. The lowest BCUT2D eigenvalue weighted by molar-refractivity contribution is -0.280. The summed E-state index contributed by atoms with van der Waals surface area (Å²) < 4.78 is 141. The number of alkyl halides is 6. The first kappa shape index (κ1) is 61.1. The fraction of sp³-hybridized carbons (Fsp3) is 0.707. The van der Waals surface area contributed by atoms with E-state index in [1.807, 2.05) is 0 Å². The smallest absolute Gasteiger partial charge is 0.432 e. The molecule has 4 aliphatic heterocycles. The molecule has 426 valence electrons. The molecule has 2 aromatic rings. The maximum Gasteiger partial charge on any atom is 0.432 e. The zero-order valence-electron chi connectivity index (χ0n) is 44.7. The molecule has 0 unspecified atom stereocenters. The molecule has 3 saturated heterocycles. The topological polar surface area (TPSA) is 134 Å². The second-order valence-corrected chi connectivity index (χ2v) is 20.9. The molecule has 0 amide bonds. The number of methoxy groups -OCH3 is 2. The maximum atomic E-state index is 14.9. The maximum absolute atomic E-state index is 14.9. The molecular formula is C58H80F6O12. The molecule has 2 aromatic carbocycles. The number of halogens is 6. The lowest BCUT2D eigenvalue weighted by Crippen LogP contribution is -2.53. The van der Waals surface area contributed by atoms with E-state index in [1.54, 1.807) is 19.1 Å². The molecule has 6 rings (SSSR count). The minimum atomic E-state index is -5.14. The van der Waals surface area contributed by atoms with E-state index in [1.165, 1.54) is 55.3 Å². The quantitative estimate of drug-likeness (QED) is 0.0319. The molecule has 0 bridgehead atoms. The normalized spacial score (nSPS) is 25.7. The third-order valence-electron chi connectivity index (χ3n) is 15.5. The van der Waals surface area contributed by atoms with Crippen LogP contribution in [0.3, 0.4) is 0 Å². The molecule has 76 heavy (non-hydrogen) atoms. The van der Waals surface area contributed by atoms with Crippen molar-refractivity contribution in [3.63, 3.8) is 0 Å². The van der Waals surface area contributed by atoms with Gasteiger partial charge in [-0.25, -0.2) is 14.4 Å². The summed E-state index contributed by atoms with van der Waals surface area (Å²) in [6.45, 7) is 3.87. The predicted molar refractivity (Wildman–Crippen MR) is 270 cm³/mol. The second-order valence-electron chi connectivity index (χ2n) is 20.9. The molecular weight excluding hydrogens is 1000 g/mol. The SMILES string of the molecule is CCCCCCCCCC[C@H](OC(=O)[C@](OC)(c1ccccc1)C(F)(F)F)[C@H]1CC[C@H]([C@H]2CC[C@@H]([C@@H]3CC[C@@H](CCCCCCC[C@H](CC4=C[C@H](C)OC4=O)OC(=O)[C@](OC)(c4ccccc4)C(F)(F)F)O3)OCO2)O1. The number of carbonyl (C=O) groups is 3. The standard InChI is InChI=1S/C58H80F6O12/c1-5-6-7-8-9-10-14-23-30-48(76-54(67)56(69-4,58(62,63)64)43-26-19-16-20-27-43)51-36-35-50(75-51)47-34-33-46(70-39-71-47)49-32-31-44(73-49)28-21-12-11-13-22-29-45(38-41-37-40(2)72-52(41)65)74-53(66)55(68-3,57(59,60)61)42-24-17-15-18-25-42/h15-20,24-27,37,40,44-51H,5-14,21-23,28-36,38-39H2,1-4H3/t40-,44+,45+,46-,47+,48-,49-,50+,51+,55+,56+/m0/s1. The average Bonchev–Trinajstić information content (AvgIpc) is 4.13. The van der Waals surface area contributed by atoms with Gasteiger partial charge in [-0.2, -0.15) is 26.3 Å². The first-order valence-corrected chi connectivity index (χ1v) is 27.7. The van der Waals surface area contributed by atoms with Crippen molar-refractivity contribution in [3.05, 3.63) is 83.4 Å². The van der Waals surface area contributed by atoms with Crippen LogP contribution in [0.25, 0.3) is 0 Å². The van der Waals surface area contributed by atoms with Gasteiger partial charge in [-0.05, 0) is 83.6 Å². The Labute approximate surface area is 444 Å². The summed E-state index contributed by atoms with van der Waals surface area (Å²) in [7, 11) is 1.69. The zero-order chi connectivity index (χ0) is 54.8. The number of carbonyl (C=O) groups excluding carboxylic acids is 3. The Morgan fingerprint density at radius 3 is 1.62 bits per heavy atom. The van der Waals surface area contributed by atoms with Crippen LogP contribution in [0.2, 0.25) is 0 Å². The first-order valence-electron chi connectivity index (χ1n) is 27.7. The summed E-state index contributed by atoms with van der Waals surface area (Å²) >= 11 is 0. The summed E-state index contributed by atoms with van der Waals surface area (Å²) in [5, 5.41) is 0. The van der Waals surface area contributed by atoms with Crippen LogP contribution in [-0.4, -0.2) is 106 Å². The van der Waals surface area contributed by atoms with Gasteiger partial charge < -0.3 is 42.6 Å². The monoisotopic (exact) mass is 1080 g/mol. The molecule has 12 nitrogen and oxygen atoms in total. The van der Waals surface area contributed by atoms with Gasteiger partial charge in [0.25, 0.3) is 11.2 Å². The van der Waals surface area contributed by atoms with Crippen molar-refractivity contribution >= 4 is 17.9 Å². The number of hydrogen-bond acceptors (Lipinski definition) is 12. The van der Waals surface area contributed by atoms with Gasteiger partial charge in [0.2, 0.25) is 0 Å². The Balaban J connectivity index is 0.951. The number of hydrogen-bond donors (Lipinski definition) is 0. The Bertz CT molecular complexity index is 2110. The van der Waals surface area contributed by atoms with E-state index < -0.39 is 71.4 Å². The van der Waals surface area contributed by atoms with Crippen molar-refractivity contribution in [2.24, 2.45) is 0 Å². The van der Waals surface area contributed by atoms with Crippen LogP contribution in [0.4, 0.5) is 26.3 Å². The van der Waals surface area contributed by atoms with Crippen molar-refractivity contribution in [2.45, 2.75) is 240 Å². The van der Waals surface area contributed by atoms with Crippen molar-refractivity contribution < 1.29 is 83.4 Å².